The van der Waals surface area contributed by atoms with Gasteiger partial charge in [-0.05, 0) is 56.0 Å². The van der Waals surface area contributed by atoms with Crippen molar-refractivity contribution in [1.29, 1.82) is 0 Å². The monoisotopic (exact) mass is 642 g/mol. The largest absolute Gasteiger partial charge is 0.493 e. The van der Waals surface area contributed by atoms with E-state index in [0.717, 1.165) is 23.8 Å². The number of aliphatic hydroxyl groups is 1. The number of ether oxygens (including phenoxy) is 1. The van der Waals surface area contributed by atoms with Crippen LogP contribution in [-0.2, 0) is 28.8 Å². The highest BCUT2D eigenvalue weighted by atomic mass is 19.4. The Morgan fingerprint density at radius 2 is 1.76 bits per heavy atom. The van der Waals surface area contributed by atoms with Crippen LogP contribution in [0.3, 0.4) is 0 Å². The van der Waals surface area contributed by atoms with Gasteiger partial charge in [0.1, 0.15) is 5.75 Å². The predicted octanol–water partition coefficient (Wildman–Crippen LogP) is 5.09. The number of alkyl halides is 6. The fourth-order valence-electron chi connectivity index (χ4n) is 6.82. The Balaban J connectivity index is 1.28. The van der Waals surface area contributed by atoms with Crippen LogP contribution in [0.4, 0.5) is 32.0 Å². The molecular weight excluding hydrogens is 602 g/mol. The van der Waals surface area contributed by atoms with Crippen molar-refractivity contribution in [2.24, 2.45) is 0 Å². The van der Waals surface area contributed by atoms with Crippen LogP contribution in [0, 0.1) is 0 Å². The molecular formula is C32H40F6N4O3. The lowest BCUT2D eigenvalue weighted by Crippen LogP contribution is -2.59. The van der Waals surface area contributed by atoms with Gasteiger partial charge in [0, 0.05) is 56.1 Å². The van der Waals surface area contributed by atoms with Crippen molar-refractivity contribution in [2.75, 3.05) is 44.4 Å². The summed E-state index contributed by atoms with van der Waals surface area (Å²) < 4.78 is 87.1. The Kier molecular flexibility index (Phi) is 8.86. The van der Waals surface area contributed by atoms with Gasteiger partial charge in [-0.1, -0.05) is 37.6 Å². The summed E-state index contributed by atoms with van der Waals surface area (Å²) in [4.78, 5) is 19.3. The van der Waals surface area contributed by atoms with Crippen molar-refractivity contribution >= 4 is 11.6 Å². The molecule has 2 N–H and O–H groups in total. The molecule has 0 radical (unpaired) electrons. The van der Waals surface area contributed by atoms with Gasteiger partial charge in [-0.15, -0.1) is 0 Å². The lowest BCUT2D eigenvalue weighted by Gasteiger charge is -2.46. The first-order valence-corrected chi connectivity index (χ1v) is 15.3. The van der Waals surface area contributed by atoms with Crippen molar-refractivity contribution in [3.8, 4) is 5.75 Å². The lowest BCUT2D eigenvalue weighted by atomic mass is 9.89. The molecule has 0 spiro atoms. The molecule has 1 unspecified atom stereocenters. The fourth-order valence-corrected chi connectivity index (χ4v) is 6.82. The molecule has 0 aliphatic carbocycles. The zero-order chi connectivity index (χ0) is 32.9. The summed E-state index contributed by atoms with van der Waals surface area (Å²) in [7, 11) is 0. The molecule has 2 aromatic carbocycles. The van der Waals surface area contributed by atoms with Crippen molar-refractivity contribution in [3.05, 3.63) is 58.7 Å². The molecule has 248 valence electrons. The first-order valence-electron chi connectivity index (χ1n) is 15.3. The second kappa shape index (κ2) is 12.0. The highest BCUT2D eigenvalue weighted by Crippen LogP contribution is 2.50. The maximum absolute atomic E-state index is 13.6. The van der Waals surface area contributed by atoms with E-state index in [1.807, 2.05) is 24.8 Å². The second-order valence-corrected chi connectivity index (χ2v) is 12.8. The molecule has 3 aliphatic heterocycles. The molecule has 2 aromatic rings. The Bertz CT molecular complexity index is 1400. The van der Waals surface area contributed by atoms with Gasteiger partial charge < -0.3 is 19.6 Å². The Morgan fingerprint density at radius 3 is 2.42 bits per heavy atom. The van der Waals surface area contributed by atoms with E-state index in [1.54, 1.807) is 11.8 Å². The number of hydrogen-bond acceptors (Lipinski definition) is 6. The summed E-state index contributed by atoms with van der Waals surface area (Å²) in [6.45, 7) is 10.4. The summed E-state index contributed by atoms with van der Waals surface area (Å²) in [6.07, 6.45) is -10.4. The number of hydrogen-bond donors (Lipinski definition) is 2. The highest BCUT2D eigenvalue weighted by molar-refractivity contribution is 5.79. The molecule has 1 amide bonds. The molecule has 7 nitrogen and oxygen atoms in total. The van der Waals surface area contributed by atoms with Gasteiger partial charge in [0.15, 0.2) is 0 Å². The molecule has 3 atom stereocenters. The van der Waals surface area contributed by atoms with Crippen LogP contribution in [0.15, 0.2) is 36.4 Å². The topological polar surface area (TPSA) is 68.3 Å². The van der Waals surface area contributed by atoms with Gasteiger partial charge in [-0.2, -0.15) is 26.3 Å². The summed E-state index contributed by atoms with van der Waals surface area (Å²) >= 11 is 0. The van der Waals surface area contributed by atoms with E-state index in [1.165, 1.54) is 11.6 Å². The van der Waals surface area contributed by atoms with Crippen LogP contribution in [0.2, 0.25) is 0 Å². The van der Waals surface area contributed by atoms with E-state index >= 15 is 0 Å². The average Bonchev–Trinajstić information content (AvgIpc) is 3.59. The third kappa shape index (κ3) is 6.10. The first-order chi connectivity index (χ1) is 21.0. The molecule has 0 bridgehead atoms. The van der Waals surface area contributed by atoms with E-state index in [-0.39, 0.29) is 42.1 Å². The van der Waals surface area contributed by atoms with E-state index < -0.39 is 23.5 Å². The SMILES string of the molecule is CCCc1cc(C(O)(C(F)(F)F)C(F)(F)F)ccc1N1C[C@H](C)N(C(=O)CN2CN[C@](C)(c3ccc4c(c3)CCO4)C2)CC1C. The van der Waals surface area contributed by atoms with Crippen LogP contribution in [0.1, 0.15) is 56.4 Å². The summed E-state index contributed by atoms with van der Waals surface area (Å²) in [5.41, 5.74) is -3.49. The maximum Gasteiger partial charge on any atom is 0.430 e. The second-order valence-electron chi connectivity index (χ2n) is 12.8. The molecule has 3 aliphatic rings. The molecule has 13 heteroatoms. The smallest absolute Gasteiger partial charge is 0.430 e. The lowest BCUT2D eigenvalue weighted by molar-refractivity contribution is -0.376. The molecule has 5 rings (SSSR count). The number of carbonyl (C=O) groups is 1. The van der Waals surface area contributed by atoms with Crippen molar-refractivity contribution < 1.29 is 41.0 Å². The van der Waals surface area contributed by atoms with Crippen LogP contribution in [0.5, 0.6) is 5.75 Å². The van der Waals surface area contributed by atoms with Gasteiger partial charge in [0.2, 0.25) is 5.91 Å². The minimum Gasteiger partial charge on any atom is -0.493 e. The van der Waals surface area contributed by atoms with E-state index in [0.29, 0.717) is 51.1 Å². The zero-order valence-electron chi connectivity index (χ0n) is 25.9. The third-order valence-electron chi connectivity index (χ3n) is 9.37. The number of nitrogens with one attached hydrogen (secondary N) is 1. The average molecular weight is 643 g/mol. The Labute approximate surface area is 259 Å². The number of halogens is 6. The minimum atomic E-state index is -5.96. The fraction of sp³-hybridized carbons (Fsp3) is 0.594. The van der Waals surface area contributed by atoms with Gasteiger partial charge in [-0.25, -0.2) is 0 Å². The third-order valence-corrected chi connectivity index (χ3v) is 9.37. The van der Waals surface area contributed by atoms with Crippen LogP contribution in [-0.4, -0.2) is 84.7 Å². The Hall–Kier alpha value is -3.03. The normalized spacial score (nSPS) is 24.6. The van der Waals surface area contributed by atoms with Crippen LogP contribution >= 0.6 is 0 Å². The number of carbonyl (C=O) groups excluding carboxylic acids is 1. The minimum absolute atomic E-state index is 0.0491. The number of amides is 1. The molecule has 2 saturated heterocycles. The van der Waals surface area contributed by atoms with E-state index in [4.69, 9.17) is 4.74 Å². The summed E-state index contributed by atoms with van der Waals surface area (Å²) in [6, 6.07) is 8.44. The van der Waals surface area contributed by atoms with Crippen molar-refractivity contribution in [3.63, 3.8) is 0 Å². The Morgan fingerprint density at radius 1 is 1.04 bits per heavy atom. The number of nitrogens with zero attached hydrogens (tertiary/aromatic N) is 3. The van der Waals surface area contributed by atoms with E-state index in [9.17, 15) is 36.2 Å². The number of fused-ring (bicyclic) bond motifs is 1. The number of piperazine rings is 1. The molecule has 2 fully saturated rings. The number of anilines is 1. The number of benzene rings is 2. The predicted molar refractivity (Wildman–Crippen MR) is 157 cm³/mol. The van der Waals surface area contributed by atoms with Crippen LogP contribution < -0.4 is 15.0 Å². The van der Waals surface area contributed by atoms with Crippen LogP contribution in [0.25, 0.3) is 0 Å². The molecule has 3 heterocycles. The molecule has 0 saturated carbocycles. The number of aryl methyl sites for hydroxylation is 1. The van der Waals surface area contributed by atoms with Gasteiger partial charge in [0.25, 0.3) is 5.60 Å². The number of rotatable bonds is 7. The molecule has 0 aromatic heterocycles. The van der Waals surface area contributed by atoms with Gasteiger partial charge in [0.05, 0.1) is 18.7 Å². The summed E-state index contributed by atoms with van der Waals surface area (Å²) in [5, 5.41) is 13.5. The van der Waals surface area contributed by atoms with Gasteiger partial charge in [-0.3, -0.25) is 15.0 Å². The maximum atomic E-state index is 13.6. The quantitative estimate of drug-likeness (QED) is 0.411. The van der Waals surface area contributed by atoms with E-state index in [2.05, 4.69) is 29.3 Å². The first kappa shape index (κ1) is 33.3. The summed E-state index contributed by atoms with van der Waals surface area (Å²) in [5.74, 6) is 0.864. The molecule has 45 heavy (non-hydrogen) atoms. The van der Waals surface area contributed by atoms with Crippen molar-refractivity contribution in [1.82, 2.24) is 15.1 Å². The van der Waals surface area contributed by atoms with Crippen molar-refractivity contribution in [2.45, 2.75) is 82.5 Å². The van der Waals surface area contributed by atoms with Gasteiger partial charge >= 0.3 is 12.4 Å². The highest BCUT2D eigenvalue weighted by Gasteiger charge is 2.71. The standard InChI is InChI=1S/C32H40F6N4O3/c1-5-6-22-13-25(30(44,31(33,34)35)32(36,37)38)7-9-26(22)41-15-21(3)42(16-20(41)2)28(43)17-40-18-29(4,39-19-40)24-8-10-27-23(14-24)11-12-45-27/h7-10,13-14,20-21,39,44H,5-6,11-12,15-19H2,1-4H3/t20?,21-,29-/m0/s1. The zero-order valence-corrected chi connectivity index (χ0v) is 25.9.